The van der Waals surface area contributed by atoms with Gasteiger partial charge in [-0.3, -0.25) is 4.90 Å². The minimum Gasteiger partial charge on any atom is -0.489 e. The van der Waals surface area contributed by atoms with Gasteiger partial charge in [-0.05, 0) is 100 Å². The van der Waals surface area contributed by atoms with E-state index in [0.717, 1.165) is 54.7 Å². The van der Waals surface area contributed by atoms with Gasteiger partial charge in [0.25, 0.3) is 0 Å². The van der Waals surface area contributed by atoms with Crippen LogP contribution in [-0.2, 0) is 32.4 Å². The first-order chi connectivity index (χ1) is 22.6. The van der Waals surface area contributed by atoms with Crippen LogP contribution in [0.5, 0.6) is 5.75 Å². The van der Waals surface area contributed by atoms with Gasteiger partial charge in [-0.15, -0.1) is 0 Å². The van der Waals surface area contributed by atoms with Crippen molar-refractivity contribution in [1.29, 1.82) is 0 Å². The highest BCUT2D eigenvalue weighted by Gasteiger charge is 2.42. The van der Waals surface area contributed by atoms with Crippen molar-refractivity contribution in [2.45, 2.75) is 62.2 Å². The summed E-state index contributed by atoms with van der Waals surface area (Å²) in [4.78, 5) is 27.2. The van der Waals surface area contributed by atoms with Crippen LogP contribution in [0.25, 0.3) is 0 Å². The van der Waals surface area contributed by atoms with Crippen LogP contribution in [-0.4, -0.2) is 47.2 Å². The number of piperidine rings is 1. The summed E-state index contributed by atoms with van der Waals surface area (Å²) in [5, 5.41) is 12.0. The Hall–Kier alpha value is -4.11. The Morgan fingerprint density at radius 1 is 0.830 bits per heavy atom. The van der Waals surface area contributed by atoms with Crippen molar-refractivity contribution in [3.8, 4) is 5.75 Å². The van der Waals surface area contributed by atoms with Crippen LogP contribution in [0.1, 0.15) is 60.7 Å². The number of carbonyl (C=O) groups excluding carboxylic acids is 2. The van der Waals surface area contributed by atoms with E-state index in [-0.39, 0.29) is 25.1 Å². The van der Waals surface area contributed by atoms with E-state index in [2.05, 4.69) is 29.2 Å². The third kappa shape index (κ3) is 9.94. The van der Waals surface area contributed by atoms with Crippen LogP contribution >= 0.6 is 11.8 Å². The molecule has 0 aromatic heterocycles. The fourth-order valence-corrected chi connectivity index (χ4v) is 6.38. The lowest BCUT2D eigenvalue weighted by atomic mass is 9.97. The smallest absolute Gasteiger partial charge is 0.354 e. The summed E-state index contributed by atoms with van der Waals surface area (Å²) >= 11 is 1.05. The molecular weight excluding hydrogens is 610 g/mol. The van der Waals surface area contributed by atoms with E-state index in [1.165, 1.54) is 5.56 Å². The SMILES string of the molecule is CC(C)(C)OC(=O)c1ccc(COc2cccc([C@@](O)(Sc3ccccc3)C(=O)OCC3CCN(Cc4ccccc4)CC3)c2)cc1. The molecular formula is C39H43NO6S. The standard InChI is InChI=1S/C39H43NO6S/c1-38(2,3)46-36(41)32-19-17-30(18-20-32)27-44-34-14-10-13-33(25-34)39(43,47-35-15-8-5-9-16-35)37(42)45-28-31-21-23-40(24-22-31)26-29-11-6-4-7-12-29/h4-20,25,31,43H,21-24,26-28H2,1-3H3/t39-/m1/s1. The van der Waals surface area contributed by atoms with Crippen molar-refractivity contribution in [3.63, 3.8) is 0 Å². The topological polar surface area (TPSA) is 85.3 Å². The molecule has 0 radical (unpaired) electrons. The fraction of sp³-hybridized carbons (Fsp3) is 0.333. The van der Waals surface area contributed by atoms with Crippen molar-refractivity contribution >= 4 is 23.7 Å². The molecule has 1 aliphatic rings. The molecule has 5 rings (SSSR count). The predicted molar refractivity (Wildman–Crippen MR) is 184 cm³/mol. The van der Waals surface area contributed by atoms with Crippen molar-refractivity contribution in [1.82, 2.24) is 4.90 Å². The zero-order valence-electron chi connectivity index (χ0n) is 27.3. The lowest BCUT2D eigenvalue weighted by Crippen LogP contribution is -2.38. The maximum Gasteiger partial charge on any atom is 0.354 e. The number of aliphatic hydroxyl groups is 1. The second-order valence-corrected chi connectivity index (χ2v) is 14.1. The molecule has 7 nitrogen and oxygen atoms in total. The summed E-state index contributed by atoms with van der Waals surface area (Å²) in [5.74, 6) is -0.362. The maximum absolute atomic E-state index is 13.7. The molecule has 4 aromatic carbocycles. The van der Waals surface area contributed by atoms with E-state index in [0.29, 0.717) is 16.9 Å². The zero-order chi connectivity index (χ0) is 33.3. The number of benzene rings is 4. The summed E-state index contributed by atoms with van der Waals surface area (Å²) in [6.07, 6.45) is 1.85. The molecule has 0 bridgehead atoms. The normalized spacial score (nSPS) is 15.4. The van der Waals surface area contributed by atoms with Crippen LogP contribution < -0.4 is 4.74 Å². The molecule has 0 amide bonds. The van der Waals surface area contributed by atoms with E-state index < -0.39 is 16.5 Å². The maximum atomic E-state index is 13.7. The third-order valence-electron chi connectivity index (χ3n) is 7.91. The van der Waals surface area contributed by atoms with E-state index >= 15 is 0 Å². The number of hydrogen-bond donors (Lipinski definition) is 1. The molecule has 1 heterocycles. The minimum absolute atomic E-state index is 0.230. The summed E-state index contributed by atoms with van der Waals surface area (Å²) in [5.41, 5.74) is 2.41. The molecule has 1 fully saturated rings. The lowest BCUT2D eigenvalue weighted by Gasteiger charge is -2.32. The summed E-state index contributed by atoms with van der Waals surface area (Å²) in [6.45, 7) is 8.76. The van der Waals surface area contributed by atoms with Crippen molar-refractivity contribution < 1.29 is 28.9 Å². The van der Waals surface area contributed by atoms with Crippen LogP contribution in [0.3, 0.4) is 0 Å². The fourth-order valence-electron chi connectivity index (χ4n) is 5.36. The first kappa shape index (κ1) is 34.2. The number of carbonyl (C=O) groups is 2. The van der Waals surface area contributed by atoms with E-state index in [9.17, 15) is 14.7 Å². The third-order valence-corrected chi connectivity index (χ3v) is 9.12. The molecule has 246 valence electrons. The molecule has 1 N–H and O–H groups in total. The van der Waals surface area contributed by atoms with Gasteiger partial charge in [-0.25, -0.2) is 9.59 Å². The van der Waals surface area contributed by atoms with Gasteiger partial charge in [0.2, 0.25) is 4.93 Å². The van der Waals surface area contributed by atoms with Gasteiger partial charge < -0.3 is 19.3 Å². The Bertz CT molecular complexity index is 1600. The number of rotatable bonds is 12. The van der Waals surface area contributed by atoms with Crippen molar-refractivity contribution in [3.05, 3.63) is 131 Å². The number of likely N-dealkylation sites (tertiary alicyclic amines) is 1. The highest BCUT2D eigenvalue weighted by Crippen LogP contribution is 2.41. The minimum atomic E-state index is -1.98. The van der Waals surface area contributed by atoms with Gasteiger partial charge in [-0.2, -0.15) is 0 Å². The second-order valence-electron chi connectivity index (χ2n) is 12.9. The first-order valence-corrected chi connectivity index (χ1v) is 16.8. The van der Waals surface area contributed by atoms with Crippen LogP contribution in [0.2, 0.25) is 0 Å². The van der Waals surface area contributed by atoms with Crippen LogP contribution in [0.15, 0.2) is 114 Å². The molecule has 1 atom stereocenters. The van der Waals surface area contributed by atoms with Gasteiger partial charge in [0, 0.05) is 17.0 Å². The number of nitrogens with zero attached hydrogens (tertiary/aromatic N) is 1. The van der Waals surface area contributed by atoms with E-state index in [1.54, 1.807) is 36.4 Å². The van der Waals surface area contributed by atoms with Crippen LogP contribution in [0, 0.1) is 5.92 Å². The molecule has 47 heavy (non-hydrogen) atoms. The van der Waals surface area contributed by atoms with Gasteiger partial charge in [0.1, 0.15) is 18.0 Å². The molecule has 8 heteroatoms. The number of hydrogen-bond acceptors (Lipinski definition) is 8. The number of esters is 2. The molecule has 0 aliphatic carbocycles. The van der Waals surface area contributed by atoms with Gasteiger partial charge in [0.15, 0.2) is 0 Å². The molecule has 1 aliphatic heterocycles. The predicted octanol–water partition coefficient (Wildman–Crippen LogP) is 7.61. The molecule has 1 saturated heterocycles. The largest absolute Gasteiger partial charge is 0.489 e. The Morgan fingerprint density at radius 2 is 1.49 bits per heavy atom. The summed E-state index contributed by atoms with van der Waals surface area (Å²) in [7, 11) is 0. The Kier molecular flexibility index (Phi) is 11.4. The molecule has 0 spiro atoms. The molecule has 0 unspecified atom stereocenters. The van der Waals surface area contributed by atoms with E-state index in [4.69, 9.17) is 14.2 Å². The molecule has 4 aromatic rings. The first-order valence-electron chi connectivity index (χ1n) is 16.0. The number of thioether (sulfide) groups is 1. The van der Waals surface area contributed by atoms with Gasteiger partial charge in [-0.1, -0.05) is 84.6 Å². The average molecular weight is 654 g/mol. The number of ether oxygens (including phenoxy) is 3. The highest BCUT2D eigenvalue weighted by molar-refractivity contribution is 8.00. The molecule has 0 saturated carbocycles. The Balaban J connectivity index is 1.22. The lowest BCUT2D eigenvalue weighted by molar-refractivity contribution is -0.159. The van der Waals surface area contributed by atoms with Gasteiger partial charge >= 0.3 is 11.9 Å². The zero-order valence-corrected chi connectivity index (χ0v) is 28.1. The van der Waals surface area contributed by atoms with Gasteiger partial charge in [0.05, 0.1) is 12.2 Å². The monoisotopic (exact) mass is 653 g/mol. The second kappa shape index (κ2) is 15.7. The summed E-state index contributed by atoms with van der Waals surface area (Å²) in [6, 6.07) is 33.7. The van der Waals surface area contributed by atoms with Crippen molar-refractivity contribution in [2.24, 2.45) is 5.92 Å². The van der Waals surface area contributed by atoms with Crippen molar-refractivity contribution in [2.75, 3.05) is 19.7 Å². The average Bonchev–Trinajstić information content (AvgIpc) is 3.07. The Labute approximate surface area is 281 Å². The quantitative estimate of drug-likeness (QED) is 0.0950. The summed E-state index contributed by atoms with van der Waals surface area (Å²) < 4.78 is 17.3. The van der Waals surface area contributed by atoms with E-state index in [1.807, 2.05) is 69.3 Å². The van der Waals surface area contributed by atoms with Crippen LogP contribution in [0.4, 0.5) is 0 Å². The highest BCUT2D eigenvalue weighted by atomic mass is 32.2. The Morgan fingerprint density at radius 3 is 2.15 bits per heavy atom.